The van der Waals surface area contributed by atoms with E-state index in [1.807, 2.05) is 37.3 Å². The van der Waals surface area contributed by atoms with E-state index in [0.717, 1.165) is 15.9 Å². The number of rotatable bonds is 1. The third-order valence-corrected chi connectivity index (χ3v) is 2.60. The maximum atomic E-state index is 8.75. The molecule has 2 rings (SSSR count). The Balaban J connectivity index is 2.51. The summed E-state index contributed by atoms with van der Waals surface area (Å²) in [6, 6.07) is 9.65. The molecule has 0 aliphatic carbocycles. The summed E-state index contributed by atoms with van der Waals surface area (Å²) in [6.45, 7) is 1.82. The molecule has 1 aromatic heterocycles. The molecule has 0 fully saturated rings. The number of halogens is 1. The van der Waals surface area contributed by atoms with Gasteiger partial charge in [-0.15, -0.1) is 5.10 Å². The van der Waals surface area contributed by atoms with Gasteiger partial charge in [0.15, 0.2) is 5.69 Å². The van der Waals surface area contributed by atoms with E-state index in [1.54, 1.807) is 4.68 Å². The van der Waals surface area contributed by atoms with E-state index in [0.29, 0.717) is 5.69 Å². The maximum Gasteiger partial charge on any atom is 0.186 e. The van der Waals surface area contributed by atoms with Crippen LogP contribution in [0.15, 0.2) is 28.7 Å². The van der Waals surface area contributed by atoms with Gasteiger partial charge < -0.3 is 0 Å². The number of nitrogens with zero attached hydrogens (tertiary/aromatic N) is 4. The summed E-state index contributed by atoms with van der Waals surface area (Å²) in [5.41, 5.74) is 2.00. The fraction of sp³-hybridized carbons (Fsp3) is 0.100. The van der Waals surface area contributed by atoms with Crippen molar-refractivity contribution in [3.05, 3.63) is 40.1 Å². The van der Waals surface area contributed by atoms with Crippen molar-refractivity contribution in [1.82, 2.24) is 15.0 Å². The predicted molar refractivity (Wildman–Crippen MR) is 58.5 cm³/mol. The Morgan fingerprint density at radius 3 is 2.53 bits per heavy atom. The zero-order valence-electron chi connectivity index (χ0n) is 7.98. The van der Waals surface area contributed by atoms with Crippen LogP contribution in [0.4, 0.5) is 0 Å². The van der Waals surface area contributed by atoms with Gasteiger partial charge in [-0.1, -0.05) is 21.1 Å². The Labute approximate surface area is 95.3 Å². The smallest absolute Gasteiger partial charge is 0.186 e. The maximum absolute atomic E-state index is 8.75. The fourth-order valence-electron chi connectivity index (χ4n) is 1.26. The normalized spacial score (nSPS) is 9.93. The van der Waals surface area contributed by atoms with Crippen LogP contribution < -0.4 is 0 Å². The van der Waals surface area contributed by atoms with Crippen LogP contribution in [0, 0.1) is 18.3 Å². The largest absolute Gasteiger partial charge is 0.216 e. The molecule has 0 spiro atoms. The van der Waals surface area contributed by atoms with E-state index in [1.165, 1.54) is 0 Å². The zero-order chi connectivity index (χ0) is 10.8. The Hall–Kier alpha value is -1.67. The van der Waals surface area contributed by atoms with Gasteiger partial charge >= 0.3 is 0 Å². The number of nitriles is 1. The molecule has 0 bridgehead atoms. The van der Waals surface area contributed by atoms with Gasteiger partial charge in [0.2, 0.25) is 0 Å². The number of benzene rings is 1. The Morgan fingerprint density at radius 1 is 1.33 bits per heavy atom. The second-order valence-electron chi connectivity index (χ2n) is 3.02. The molecule has 0 saturated carbocycles. The molecule has 0 radical (unpaired) electrons. The van der Waals surface area contributed by atoms with E-state index in [9.17, 15) is 0 Å². The van der Waals surface area contributed by atoms with Crippen LogP contribution in [0.25, 0.3) is 5.69 Å². The van der Waals surface area contributed by atoms with Crippen LogP contribution in [0.2, 0.25) is 0 Å². The zero-order valence-corrected chi connectivity index (χ0v) is 9.56. The van der Waals surface area contributed by atoms with E-state index in [2.05, 4.69) is 26.2 Å². The van der Waals surface area contributed by atoms with Crippen molar-refractivity contribution in [2.45, 2.75) is 6.92 Å². The number of aromatic nitrogens is 3. The third kappa shape index (κ3) is 1.76. The summed E-state index contributed by atoms with van der Waals surface area (Å²) in [5, 5.41) is 16.4. The number of hydrogen-bond acceptors (Lipinski definition) is 3. The van der Waals surface area contributed by atoms with Gasteiger partial charge in [-0.05, 0) is 31.2 Å². The molecule has 0 atom stereocenters. The van der Waals surface area contributed by atoms with Crippen molar-refractivity contribution >= 4 is 15.9 Å². The highest BCUT2D eigenvalue weighted by Gasteiger charge is 2.08. The van der Waals surface area contributed by atoms with Gasteiger partial charge in [-0.3, -0.25) is 0 Å². The van der Waals surface area contributed by atoms with Crippen LogP contribution >= 0.6 is 15.9 Å². The molecule has 0 saturated heterocycles. The SMILES string of the molecule is Cc1c(C#N)nnn1-c1ccc(Br)cc1. The Kier molecular flexibility index (Phi) is 2.52. The van der Waals surface area contributed by atoms with Crippen molar-refractivity contribution in [2.24, 2.45) is 0 Å². The van der Waals surface area contributed by atoms with Crippen LogP contribution in [0.5, 0.6) is 0 Å². The lowest BCUT2D eigenvalue weighted by Gasteiger charge is -2.02. The van der Waals surface area contributed by atoms with E-state index >= 15 is 0 Å². The lowest BCUT2D eigenvalue weighted by molar-refractivity contribution is 0.784. The summed E-state index contributed by atoms with van der Waals surface area (Å²) < 4.78 is 2.65. The molecule has 1 heterocycles. The van der Waals surface area contributed by atoms with E-state index in [-0.39, 0.29) is 0 Å². The average molecular weight is 263 g/mol. The molecule has 0 amide bonds. The lowest BCUT2D eigenvalue weighted by atomic mass is 10.3. The molecular weight excluding hydrogens is 256 g/mol. The fourth-order valence-corrected chi connectivity index (χ4v) is 1.52. The lowest BCUT2D eigenvalue weighted by Crippen LogP contribution is -1.98. The summed E-state index contributed by atoms with van der Waals surface area (Å²) in [5.74, 6) is 0. The first-order valence-corrected chi connectivity index (χ1v) is 5.10. The molecule has 0 aliphatic heterocycles. The molecule has 5 heteroatoms. The highest BCUT2D eigenvalue weighted by molar-refractivity contribution is 9.10. The highest BCUT2D eigenvalue weighted by atomic mass is 79.9. The molecular formula is C10H7BrN4. The minimum atomic E-state index is 0.359. The van der Waals surface area contributed by atoms with Crippen molar-refractivity contribution < 1.29 is 0 Å². The molecule has 1 aromatic carbocycles. The molecule has 2 aromatic rings. The minimum absolute atomic E-state index is 0.359. The van der Waals surface area contributed by atoms with E-state index < -0.39 is 0 Å². The number of hydrogen-bond donors (Lipinski definition) is 0. The monoisotopic (exact) mass is 262 g/mol. The quantitative estimate of drug-likeness (QED) is 0.792. The summed E-state index contributed by atoms with van der Waals surface area (Å²) in [7, 11) is 0. The molecule has 4 nitrogen and oxygen atoms in total. The van der Waals surface area contributed by atoms with Crippen molar-refractivity contribution in [1.29, 1.82) is 5.26 Å². The first-order chi connectivity index (χ1) is 7.22. The van der Waals surface area contributed by atoms with Crippen LogP contribution in [-0.4, -0.2) is 15.0 Å². The Bertz CT molecular complexity index is 521. The predicted octanol–water partition coefficient (Wildman–Crippen LogP) is 2.21. The van der Waals surface area contributed by atoms with E-state index in [4.69, 9.17) is 5.26 Å². The highest BCUT2D eigenvalue weighted by Crippen LogP contribution is 2.15. The summed E-state index contributed by atoms with van der Waals surface area (Å²) in [6.07, 6.45) is 0. The molecule has 0 unspecified atom stereocenters. The van der Waals surface area contributed by atoms with Gasteiger partial charge in [-0.2, -0.15) is 5.26 Å². The first kappa shape index (κ1) is 9.87. The summed E-state index contributed by atoms with van der Waals surface area (Å²) >= 11 is 3.36. The van der Waals surface area contributed by atoms with Crippen molar-refractivity contribution in [3.63, 3.8) is 0 Å². The second-order valence-corrected chi connectivity index (χ2v) is 3.94. The average Bonchev–Trinajstić information content (AvgIpc) is 2.61. The topological polar surface area (TPSA) is 54.5 Å². The van der Waals surface area contributed by atoms with Crippen molar-refractivity contribution in [2.75, 3.05) is 0 Å². The molecule has 74 valence electrons. The standard InChI is InChI=1S/C10H7BrN4/c1-7-10(6-12)13-14-15(7)9-4-2-8(11)3-5-9/h2-5H,1H3. The first-order valence-electron chi connectivity index (χ1n) is 4.30. The molecule has 0 N–H and O–H groups in total. The van der Waals surface area contributed by atoms with Gasteiger partial charge in [0.25, 0.3) is 0 Å². The van der Waals surface area contributed by atoms with Gasteiger partial charge in [0.1, 0.15) is 6.07 Å². The molecule has 0 aliphatic rings. The second kappa shape index (κ2) is 3.83. The third-order valence-electron chi connectivity index (χ3n) is 2.07. The minimum Gasteiger partial charge on any atom is -0.216 e. The van der Waals surface area contributed by atoms with Crippen molar-refractivity contribution in [3.8, 4) is 11.8 Å². The Morgan fingerprint density at radius 2 is 2.00 bits per heavy atom. The van der Waals surface area contributed by atoms with Gasteiger partial charge in [0, 0.05) is 4.47 Å². The molecule has 15 heavy (non-hydrogen) atoms. The van der Waals surface area contributed by atoms with Gasteiger partial charge in [-0.25, -0.2) is 4.68 Å². The van der Waals surface area contributed by atoms with Crippen LogP contribution in [0.3, 0.4) is 0 Å². The van der Waals surface area contributed by atoms with Gasteiger partial charge in [0.05, 0.1) is 11.4 Å². The summed E-state index contributed by atoms with van der Waals surface area (Å²) in [4.78, 5) is 0. The van der Waals surface area contributed by atoms with Crippen LogP contribution in [0.1, 0.15) is 11.4 Å². The van der Waals surface area contributed by atoms with Crippen LogP contribution in [-0.2, 0) is 0 Å².